The molecular formula is C18H22N4O2. The van der Waals surface area contributed by atoms with Crippen molar-refractivity contribution in [2.45, 2.75) is 25.7 Å². The SMILES string of the molecule is Nc1ccnc(N2CCC[C@@](CCc3ccccc3)(C(=O)O)C2)n1. The molecule has 0 unspecified atom stereocenters. The lowest BCUT2D eigenvalue weighted by molar-refractivity contribution is -0.150. The van der Waals surface area contributed by atoms with Crippen LogP contribution >= 0.6 is 0 Å². The number of carboxylic acid groups (broad SMARTS) is 1. The van der Waals surface area contributed by atoms with E-state index in [1.807, 2.05) is 35.2 Å². The van der Waals surface area contributed by atoms with Crippen molar-refractivity contribution >= 4 is 17.7 Å². The zero-order valence-corrected chi connectivity index (χ0v) is 13.6. The van der Waals surface area contributed by atoms with E-state index in [0.717, 1.165) is 24.9 Å². The van der Waals surface area contributed by atoms with Crippen LogP contribution in [0.5, 0.6) is 0 Å². The number of carboxylic acids is 1. The Bertz CT molecular complexity index is 707. The molecule has 0 bridgehead atoms. The zero-order chi connectivity index (χ0) is 17.0. The molecule has 24 heavy (non-hydrogen) atoms. The van der Waals surface area contributed by atoms with Gasteiger partial charge in [0.2, 0.25) is 5.95 Å². The van der Waals surface area contributed by atoms with Crippen molar-refractivity contribution in [1.29, 1.82) is 0 Å². The number of hydrogen-bond donors (Lipinski definition) is 2. The molecule has 2 heterocycles. The highest BCUT2D eigenvalue weighted by Gasteiger charge is 2.42. The molecule has 1 aromatic heterocycles. The van der Waals surface area contributed by atoms with Gasteiger partial charge in [-0.1, -0.05) is 30.3 Å². The van der Waals surface area contributed by atoms with Gasteiger partial charge in [0.1, 0.15) is 5.82 Å². The van der Waals surface area contributed by atoms with Gasteiger partial charge in [-0.3, -0.25) is 4.79 Å². The summed E-state index contributed by atoms with van der Waals surface area (Å²) in [4.78, 5) is 22.5. The van der Waals surface area contributed by atoms with Crippen LogP contribution in [0.2, 0.25) is 0 Å². The molecule has 126 valence electrons. The number of anilines is 2. The molecule has 6 nitrogen and oxygen atoms in total. The Morgan fingerprint density at radius 1 is 1.29 bits per heavy atom. The summed E-state index contributed by atoms with van der Waals surface area (Å²) in [5.74, 6) is 0.169. The smallest absolute Gasteiger partial charge is 0.311 e. The Labute approximate surface area is 141 Å². The Morgan fingerprint density at radius 2 is 2.08 bits per heavy atom. The first kappa shape index (κ1) is 16.2. The Hall–Kier alpha value is -2.63. The number of benzene rings is 1. The summed E-state index contributed by atoms with van der Waals surface area (Å²) in [6, 6.07) is 11.6. The highest BCUT2D eigenvalue weighted by molar-refractivity contribution is 5.76. The molecule has 1 atom stereocenters. The Morgan fingerprint density at radius 3 is 2.79 bits per heavy atom. The molecule has 1 aromatic carbocycles. The maximum atomic E-state index is 12.0. The van der Waals surface area contributed by atoms with E-state index in [1.54, 1.807) is 12.3 Å². The van der Waals surface area contributed by atoms with E-state index in [9.17, 15) is 9.90 Å². The summed E-state index contributed by atoms with van der Waals surface area (Å²) < 4.78 is 0. The third-order valence-corrected chi connectivity index (χ3v) is 4.71. The average molecular weight is 326 g/mol. The molecule has 1 aliphatic heterocycles. The number of rotatable bonds is 5. The van der Waals surface area contributed by atoms with Crippen molar-refractivity contribution in [1.82, 2.24) is 9.97 Å². The van der Waals surface area contributed by atoms with Crippen molar-refractivity contribution in [2.75, 3.05) is 23.7 Å². The number of carbonyl (C=O) groups is 1. The van der Waals surface area contributed by atoms with Crippen molar-refractivity contribution in [3.05, 3.63) is 48.2 Å². The number of aromatic nitrogens is 2. The third-order valence-electron chi connectivity index (χ3n) is 4.71. The lowest BCUT2D eigenvalue weighted by Gasteiger charge is -2.40. The van der Waals surface area contributed by atoms with E-state index in [4.69, 9.17) is 5.73 Å². The summed E-state index contributed by atoms with van der Waals surface area (Å²) in [5, 5.41) is 9.89. The minimum Gasteiger partial charge on any atom is -0.481 e. The van der Waals surface area contributed by atoms with E-state index >= 15 is 0 Å². The molecule has 0 aliphatic carbocycles. The molecule has 1 aliphatic rings. The van der Waals surface area contributed by atoms with Gasteiger partial charge in [0.25, 0.3) is 0 Å². The minimum atomic E-state index is -0.776. The molecule has 0 spiro atoms. The predicted molar refractivity (Wildman–Crippen MR) is 92.7 cm³/mol. The van der Waals surface area contributed by atoms with Crippen LogP contribution in [0, 0.1) is 5.41 Å². The Kier molecular flexibility index (Phi) is 4.64. The van der Waals surface area contributed by atoms with Crippen LogP contribution in [0.4, 0.5) is 11.8 Å². The second-order valence-electron chi connectivity index (χ2n) is 6.38. The zero-order valence-electron chi connectivity index (χ0n) is 13.6. The van der Waals surface area contributed by atoms with Gasteiger partial charge in [0.05, 0.1) is 5.41 Å². The van der Waals surface area contributed by atoms with Gasteiger partial charge in [-0.2, -0.15) is 4.98 Å². The summed E-state index contributed by atoms with van der Waals surface area (Å²) in [5.41, 5.74) is 6.12. The van der Waals surface area contributed by atoms with E-state index in [-0.39, 0.29) is 0 Å². The van der Waals surface area contributed by atoms with Crippen LogP contribution in [0.1, 0.15) is 24.8 Å². The lowest BCUT2D eigenvalue weighted by atomic mass is 9.75. The fourth-order valence-corrected chi connectivity index (χ4v) is 3.33. The molecule has 1 saturated heterocycles. The highest BCUT2D eigenvalue weighted by Crippen LogP contribution is 2.36. The van der Waals surface area contributed by atoms with Crippen LogP contribution in [-0.4, -0.2) is 34.1 Å². The number of nitrogens with two attached hydrogens (primary N) is 1. The van der Waals surface area contributed by atoms with Gasteiger partial charge < -0.3 is 15.7 Å². The van der Waals surface area contributed by atoms with Crippen LogP contribution < -0.4 is 10.6 Å². The third kappa shape index (κ3) is 3.48. The number of nitrogens with zero attached hydrogens (tertiary/aromatic N) is 3. The maximum Gasteiger partial charge on any atom is 0.311 e. The molecule has 3 rings (SSSR count). The van der Waals surface area contributed by atoms with Crippen molar-refractivity contribution < 1.29 is 9.90 Å². The van der Waals surface area contributed by atoms with Gasteiger partial charge in [-0.25, -0.2) is 4.98 Å². The quantitative estimate of drug-likeness (QED) is 0.876. The van der Waals surface area contributed by atoms with Crippen LogP contribution in [-0.2, 0) is 11.2 Å². The van der Waals surface area contributed by atoms with Gasteiger partial charge >= 0.3 is 5.97 Å². The minimum absolute atomic E-state index is 0.399. The summed E-state index contributed by atoms with van der Waals surface area (Å²) in [6.45, 7) is 1.17. The lowest BCUT2D eigenvalue weighted by Crippen LogP contribution is -2.48. The second-order valence-corrected chi connectivity index (χ2v) is 6.38. The molecule has 0 amide bonds. The van der Waals surface area contributed by atoms with E-state index in [0.29, 0.717) is 31.2 Å². The van der Waals surface area contributed by atoms with Crippen molar-refractivity contribution in [3.63, 3.8) is 0 Å². The largest absolute Gasteiger partial charge is 0.481 e. The highest BCUT2D eigenvalue weighted by atomic mass is 16.4. The number of aryl methyl sites for hydroxylation is 1. The normalized spacial score (nSPS) is 20.8. The fraction of sp³-hybridized carbons (Fsp3) is 0.389. The van der Waals surface area contributed by atoms with Crippen LogP contribution in [0.3, 0.4) is 0 Å². The van der Waals surface area contributed by atoms with Gasteiger partial charge in [-0.15, -0.1) is 0 Å². The first-order valence-electron chi connectivity index (χ1n) is 8.20. The van der Waals surface area contributed by atoms with Gasteiger partial charge in [0, 0.05) is 19.3 Å². The summed E-state index contributed by atoms with van der Waals surface area (Å²) in [6.07, 6.45) is 4.44. The Balaban J connectivity index is 1.77. The first-order valence-corrected chi connectivity index (χ1v) is 8.20. The standard InChI is InChI=1S/C18H22N4O2/c19-15-8-11-20-17(21-15)22-12-4-9-18(13-22,16(23)24)10-7-14-5-2-1-3-6-14/h1-3,5-6,8,11H,4,7,9-10,12-13H2,(H,23,24)(H2,19,20,21)/t18-/m0/s1. The molecule has 3 N–H and O–H groups in total. The number of aliphatic carboxylic acids is 1. The topological polar surface area (TPSA) is 92.3 Å². The molecule has 1 fully saturated rings. The molecule has 6 heteroatoms. The summed E-state index contributed by atoms with van der Waals surface area (Å²) in [7, 11) is 0. The monoisotopic (exact) mass is 326 g/mol. The van der Waals surface area contributed by atoms with Crippen molar-refractivity contribution in [3.8, 4) is 0 Å². The average Bonchev–Trinajstić information content (AvgIpc) is 2.61. The molecule has 0 radical (unpaired) electrons. The van der Waals surface area contributed by atoms with E-state index < -0.39 is 11.4 Å². The molecular weight excluding hydrogens is 304 g/mol. The van der Waals surface area contributed by atoms with Crippen LogP contribution in [0.15, 0.2) is 42.6 Å². The van der Waals surface area contributed by atoms with Gasteiger partial charge in [0.15, 0.2) is 0 Å². The molecule has 2 aromatic rings. The predicted octanol–water partition coefficient (Wildman–Crippen LogP) is 2.36. The van der Waals surface area contributed by atoms with Gasteiger partial charge in [-0.05, 0) is 37.3 Å². The number of piperidine rings is 1. The van der Waals surface area contributed by atoms with E-state index in [2.05, 4.69) is 9.97 Å². The molecule has 0 saturated carbocycles. The number of nitrogen functional groups attached to an aromatic ring is 1. The van der Waals surface area contributed by atoms with Crippen molar-refractivity contribution in [2.24, 2.45) is 5.41 Å². The number of hydrogen-bond acceptors (Lipinski definition) is 5. The van der Waals surface area contributed by atoms with E-state index in [1.165, 1.54) is 0 Å². The fourth-order valence-electron chi connectivity index (χ4n) is 3.33. The first-order chi connectivity index (χ1) is 11.6. The van der Waals surface area contributed by atoms with Crippen LogP contribution in [0.25, 0.3) is 0 Å². The summed E-state index contributed by atoms with van der Waals surface area (Å²) >= 11 is 0. The second kappa shape index (κ2) is 6.86. The maximum absolute atomic E-state index is 12.0.